The van der Waals surface area contributed by atoms with Crippen LogP contribution in [0.2, 0.25) is 0 Å². The van der Waals surface area contributed by atoms with Gasteiger partial charge >= 0.3 is 0 Å². The van der Waals surface area contributed by atoms with Crippen molar-refractivity contribution in [2.75, 3.05) is 0 Å². The maximum Gasteiger partial charge on any atom is 0.126 e. The SMILES string of the molecule is CC(C)CC(F)C(C)O. The zero-order valence-electron chi connectivity index (χ0n) is 6.26. The summed E-state index contributed by atoms with van der Waals surface area (Å²) in [4.78, 5) is 0. The summed E-state index contributed by atoms with van der Waals surface area (Å²) < 4.78 is 12.5. The van der Waals surface area contributed by atoms with Gasteiger partial charge in [-0.05, 0) is 19.3 Å². The summed E-state index contributed by atoms with van der Waals surface area (Å²) in [6.07, 6.45) is -1.41. The van der Waals surface area contributed by atoms with Crippen molar-refractivity contribution in [2.45, 2.75) is 39.5 Å². The Labute approximate surface area is 55.9 Å². The first kappa shape index (κ1) is 8.89. The van der Waals surface area contributed by atoms with Crippen LogP contribution in [0.15, 0.2) is 0 Å². The maximum atomic E-state index is 12.5. The van der Waals surface area contributed by atoms with Gasteiger partial charge < -0.3 is 5.11 Å². The van der Waals surface area contributed by atoms with Crippen LogP contribution in [0, 0.1) is 5.92 Å². The van der Waals surface area contributed by atoms with Gasteiger partial charge in [-0.2, -0.15) is 0 Å². The molecule has 0 aromatic rings. The molecule has 9 heavy (non-hydrogen) atoms. The lowest BCUT2D eigenvalue weighted by Gasteiger charge is -2.12. The molecule has 0 aromatic heterocycles. The minimum Gasteiger partial charge on any atom is -0.390 e. The van der Waals surface area contributed by atoms with Gasteiger partial charge in [-0.1, -0.05) is 13.8 Å². The summed E-state index contributed by atoms with van der Waals surface area (Å²) in [5, 5.41) is 8.69. The lowest BCUT2D eigenvalue weighted by molar-refractivity contribution is 0.0797. The highest BCUT2D eigenvalue weighted by Crippen LogP contribution is 2.10. The van der Waals surface area contributed by atoms with E-state index in [-0.39, 0.29) is 0 Å². The lowest BCUT2D eigenvalue weighted by Crippen LogP contribution is -2.19. The Balaban J connectivity index is 3.38. The monoisotopic (exact) mass is 134 g/mol. The smallest absolute Gasteiger partial charge is 0.126 e. The van der Waals surface area contributed by atoms with Crippen molar-refractivity contribution in [1.82, 2.24) is 0 Å². The van der Waals surface area contributed by atoms with Crippen LogP contribution in [0.3, 0.4) is 0 Å². The van der Waals surface area contributed by atoms with Gasteiger partial charge in [0.1, 0.15) is 6.17 Å². The standard InChI is InChI=1S/C7H15FO/c1-5(2)4-7(8)6(3)9/h5-7,9H,4H2,1-3H3. The lowest BCUT2D eigenvalue weighted by atomic mass is 10.0. The molecule has 0 aromatic carbocycles. The Hall–Kier alpha value is -0.110. The molecule has 2 unspecified atom stereocenters. The van der Waals surface area contributed by atoms with Crippen molar-refractivity contribution in [3.63, 3.8) is 0 Å². The van der Waals surface area contributed by atoms with Gasteiger partial charge in [-0.15, -0.1) is 0 Å². The second-order valence-electron chi connectivity index (χ2n) is 2.89. The third-order valence-corrected chi connectivity index (χ3v) is 1.22. The van der Waals surface area contributed by atoms with E-state index in [1.54, 1.807) is 0 Å². The van der Waals surface area contributed by atoms with Crippen LogP contribution < -0.4 is 0 Å². The molecule has 0 heterocycles. The van der Waals surface area contributed by atoms with Crippen LogP contribution in [0.5, 0.6) is 0 Å². The number of rotatable bonds is 3. The topological polar surface area (TPSA) is 20.2 Å². The van der Waals surface area contributed by atoms with Crippen LogP contribution in [-0.4, -0.2) is 17.4 Å². The number of halogens is 1. The first-order valence-corrected chi connectivity index (χ1v) is 3.36. The summed E-state index contributed by atoms with van der Waals surface area (Å²) >= 11 is 0. The predicted molar refractivity (Wildman–Crippen MR) is 36.0 cm³/mol. The third-order valence-electron chi connectivity index (χ3n) is 1.22. The summed E-state index contributed by atoms with van der Waals surface area (Å²) in [6, 6.07) is 0. The van der Waals surface area contributed by atoms with E-state index in [1.807, 2.05) is 13.8 Å². The third kappa shape index (κ3) is 4.40. The van der Waals surface area contributed by atoms with E-state index in [4.69, 9.17) is 5.11 Å². The van der Waals surface area contributed by atoms with Crippen molar-refractivity contribution in [2.24, 2.45) is 5.92 Å². The van der Waals surface area contributed by atoms with Gasteiger partial charge in [0.15, 0.2) is 0 Å². The molecule has 0 amide bonds. The normalized spacial score (nSPS) is 18.0. The summed E-state index contributed by atoms with van der Waals surface area (Å²) in [6.45, 7) is 5.36. The largest absolute Gasteiger partial charge is 0.390 e. The molecule has 1 N–H and O–H groups in total. The average molecular weight is 134 g/mol. The molecule has 0 spiro atoms. The van der Waals surface area contributed by atoms with Gasteiger partial charge in [0.05, 0.1) is 6.10 Å². The van der Waals surface area contributed by atoms with Crippen LogP contribution in [0.25, 0.3) is 0 Å². The molecule has 0 aliphatic rings. The Morgan fingerprint density at radius 3 is 1.89 bits per heavy atom. The molecule has 0 saturated carbocycles. The fourth-order valence-electron chi connectivity index (χ4n) is 0.647. The van der Waals surface area contributed by atoms with E-state index < -0.39 is 12.3 Å². The van der Waals surface area contributed by atoms with E-state index >= 15 is 0 Å². The fourth-order valence-corrected chi connectivity index (χ4v) is 0.647. The minimum absolute atomic E-state index is 0.328. The van der Waals surface area contributed by atoms with Crippen molar-refractivity contribution >= 4 is 0 Å². The molecule has 0 saturated heterocycles. The highest BCUT2D eigenvalue weighted by Gasteiger charge is 2.13. The van der Waals surface area contributed by atoms with Gasteiger partial charge in [0, 0.05) is 0 Å². The van der Waals surface area contributed by atoms with E-state index in [9.17, 15) is 4.39 Å². The Kier molecular flexibility index (Phi) is 3.78. The first-order valence-electron chi connectivity index (χ1n) is 3.36. The zero-order valence-corrected chi connectivity index (χ0v) is 6.26. The quantitative estimate of drug-likeness (QED) is 0.623. The second kappa shape index (κ2) is 3.83. The second-order valence-corrected chi connectivity index (χ2v) is 2.89. The van der Waals surface area contributed by atoms with E-state index in [2.05, 4.69) is 0 Å². The molecule has 0 bridgehead atoms. The molecule has 0 aliphatic heterocycles. The van der Waals surface area contributed by atoms with Crippen LogP contribution in [-0.2, 0) is 0 Å². The molecule has 0 aliphatic carbocycles. The van der Waals surface area contributed by atoms with E-state index in [0.29, 0.717) is 12.3 Å². The maximum absolute atomic E-state index is 12.5. The number of hydrogen-bond acceptors (Lipinski definition) is 1. The summed E-state index contributed by atoms with van der Waals surface area (Å²) in [7, 11) is 0. The van der Waals surface area contributed by atoms with Crippen molar-refractivity contribution < 1.29 is 9.50 Å². The molecular weight excluding hydrogens is 119 g/mol. The highest BCUT2D eigenvalue weighted by atomic mass is 19.1. The number of alkyl halides is 1. The van der Waals surface area contributed by atoms with Gasteiger partial charge in [-0.3, -0.25) is 0 Å². The number of hydrogen-bond donors (Lipinski definition) is 1. The Bertz CT molecular complexity index is 71.3. The van der Waals surface area contributed by atoms with Gasteiger partial charge in [-0.25, -0.2) is 4.39 Å². The molecule has 0 radical (unpaired) electrons. The Morgan fingerprint density at radius 1 is 1.33 bits per heavy atom. The molecular formula is C7H15FO. The molecule has 2 heteroatoms. The minimum atomic E-state index is -1.05. The molecule has 1 nitrogen and oxygen atoms in total. The Morgan fingerprint density at radius 2 is 1.78 bits per heavy atom. The van der Waals surface area contributed by atoms with Gasteiger partial charge in [0.2, 0.25) is 0 Å². The molecule has 0 fully saturated rings. The zero-order chi connectivity index (χ0) is 7.44. The molecule has 2 atom stereocenters. The number of aliphatic hydroxyl groups excluding tert-OH is 1. The van der Waals surface area contributed by atoms with E-state index in [0.717, 1.165) is 0 Å². The average Bonchev–Trinajstić information content (AvgIpc) is 1.63. The molecule has 56 valence electrons. The summed E-state index contributed by atoms with van der Waals surface area (Å²) in [5.41, 5.74) is 0. The van der Waals surface area contributed by atoms with E-state index in [1.165, 1.54) is 6.92 Å². The van der Waals surface area contributed by atoms with Crippen LogP contribution >= 0.6 is 0 Å². The number of aliphatic hydroxyl groups is 1. The van der Waals surface area contributed by atoms with Crippen LogP contribution in [0.4, 0.5) is 4.39 Å². The first-order chi connectivity index (χ1) is 4.04. The highest BCUT2D eigenvalue weighted by molar-refractivity contribution is 4.63. The fraction of sp³-hybridized carbons (Fsp3) is 1.00. The van der Waals surface area contributed by atoms with Crippen LogP contribution in [0.1, 0.15) is 27.2 Å². The van der Waals surface area contributed by atoms with Crippen molar-refractivity contribution in [3.05, 3.63) is 0 Å². The van der Waals surface area contributed by atoms with Crippen molar-refractivity contribution in [1.29, 1.82) is 0 Å². The predicted octanol–water partition coefficient (Wildman–Crippen LogP) is 1.75. The molecule has 0 rings (SSSR count). The summed E-state index contributed by atoms with van der Waals surface area (Å²) in [5.74, 6) is 0.328. The van der Waals surface area contributed by atoms with Gasteiger partial charge in [0.25, 0.3) is 0 Å². The van der Waals surface area contributed by atoms with Crippen molar-refractivity contribution in [3.8, 4) is 0 Å².